The minimum Gasteiger partial charge on any atom is -0.368 e. The fourth-order valence-electron chi connectivity index (χ4n) is 4.74. The summed E-state index contributed by atoms with van der Waals surface area (Å²) in [5.41, 5.74) is 7.49. The molecular formula is C23H23N7. The van der Waals surface area contributed by atoms with E-state index in [4.69, 9.17) is 4.98 Å². The van der Waals surface area contributed by atoms with E-state index in [2.05, 4.69) is 36.4 Å². The third-order valence-corrected chi connectivity index (χ3v) is 6.31. The molecule has 4 aromatic heterocycles. The van der Waals surface area contributed by atoms with Crippen molar-refractivity contribution in [2.75, 3.05) is 24.5 Å². The van der Waals surface area contributed by atoms with Gasteiger partial charge in [0.1, 0.15) is 0 Å². The van der Waals surface area contributed by atoms with Crippen molar-refractivity contribution < 1.29 is 0 Å². The molecule has 2 unspecified atom stereocenters. The van der Waals surface area contributed by atoms with E-state index in [9.17, 15) is 0 Å². The van der Waals surface area contributed by atoms with E-state index in [1.165, 1.54) is 6.42 Å². The lowest BCUT2D eigenvalue weighted by Gasteiger charge is -2.19. The molecule has 4 aromatic rings. The summed E-state index contributed by atoms with van der Waals surface area (Å²) >= 11 is 0. The molecule has 2 saturated heterocycles. The molecule has 0 radical (unpaired) electrons. The predicted molar refractivity (Wildman–Crippen MR) is 117 cm³/mol. The average Bonchev–Trinajstić information content (AvgIpc) is 3.49. The molecule has 0 amide bonds. The molecule has 2 N–H and O–H groups in total. The lowest BCUT2D eigenvalue weighted by Crippen LogP contribution is -2.30. The Balaban J connectivity index is 1.37. The maximum absolute atomic E-state index is 4.94. The summed E-state index contributed by atoms with van der Waals surface area (Å²) in [7, 11) is 0. The van der Waals surface area contributed by atoms with E-state index in [-0.39, 0.29) is 0 Å². The van der Waals surface area contributed by atoms with E-state index in [1.54, 1.807) is 0 Å². The van der Waals surface area contributed by atoms with Gasteiger partial charge in [0.25, 0.3) is 0 Å². The quantitative estimate of drug-likeness (QED) is 0.552. The summed E-state index contributed by atoms with van der Waals surface area (Å²) in [5.74, 6) is 0.746. The number of anilines is 1. The van der Waals surface area contributed by atoms with Crippen LogP contribution >= 0.6 is 0 Å². The van der Waals surface area contributed by atoms with Crippen LogP contribution in [0.25, 0.3) is 33.7 Å². The van der Waals surface area contributed by atoms with Crippen molar-refractivity contribution in [1.29, 1.82) is 0 Å². The van der Waals surface area contributed by atoms with Crippen molar-refractivity contribution >= 4 is 16.7 Å². The number of pyridine rings is 3. The number of nitrogens with one attached hydrogen (secondary N) is 2. The van der Waals surface area contributed by atoms with Gasteiger partial charge in [-0.3, -0.25) is 15.1 Å². The van der Waals surface area contributed by atoms with Gasteiger partial charge in [-0.2, -0.15) is 5.10 Å². The number of aromatic amines is 1. The van der Waals surface area contributed by atoms with Crippen LogP contribution in [-0.4, -0.2) is 50.8 Å². The third-order valence-electron chi connectivity index (χ3n) is 6.31. The zero-order valence-corrected chi connectivity index (χ0v) is 16.8. The molecule has 0 spiro atoms. The number of hydrogen-bond donors (Lipinski definition) is 2. The summed E-state index contributed by atoms with van der Waals surface area (Å²) in [6.07, 6.45) is 5.06. The smallest absolute Gasteiger partial charge is 0.0928 e. The Bertz CT molecular complexity index is 1220. The van der Waals surface area contributed by atoms with Crippen LogP contribution < -0.4 is 10.2 Å². The number of hydrogen-bond acceptors (Lipinski definition) is 6. The Morgan fingerprint density at radius 2 is 1.97 bits per heavy atom. The number of aromatic nitrogens is 5. The van der Waals surface area contributed by atoms with Crippen LogP contribution in [0.1, 0.15) is 12.1 Å². The Morgan fingerprint density at radius 1 is 1.00 bits per heavy atom. The van der Waals surface area contributed by atoms with Crippen LogP contribution in [0.4, 0.5) is 5.69 Å². The Labute approximate surface area is 174 Å². The second-order valence-corrected chi connectivity index (χ2v) is 8.27. The van der Waals surface area contributed by atoms with Crippen LogP contribution in [0, 0.1) is 12.8 Å². The number of fused-ring (bicyclic) bond motifs is 2. The van der Waals surface area contributed by atoms with Crippen molar-refractivity contribution in [3.8, 4) is 22.6 Å². The van der Waals surface area contributed by atoms with E-state index in [0.29, 0.717) is 6.04 Å². The summed E-state index contributed by atoms with van der Waals surface area (Å²) in [6.45, 7) is 5.27. The third kappa shape index (κ3) is 2.93. The summed E-state index contributed by atoms with van der Waals surface area (Å²) < 4.78 is 0. The van der Waals surface area contributed by atoms with E-state index in [0.717, 1.165) is 70.6 Å². The molecule has 7 nitrogen and oxygen atoms in total. The molecule has 0 saturated carbocycles. The molecule has 30 heavy (non-hydrogen) atoms. The molecule has 2 aliphatic rings. The molecule has 2 aliphatic heterocycles. The highest BCUT2D eigenvalue weighted by Gasteiger charge is 2.36. The van der Waals surface area contributed by atoms with Gasteiger partial charge >= 0.3 is 0 Å². The largest absolute Gasteiger partial charge is 0.368 e. The van der Waals surface area contributed by atoms with Gasteiger partial charge in [0, 0.05) is 30.4 Å². The van der Waals surface area contributed by atoms with Crippen LogP contribution in [0.3, 0.4) is 0 Å². The fraction of sp³-hybridized carbons (Fsp3) is 0.304. The zero-order chi connectivity index (χ0) is 20.1. The Kier molecular flexibility index (Phi) is 4.02. The van der Waals surface area contributed by atoms with Gasteiger partial charge in [-0.25, -0.2) is 4.98 Å². The minimum absolute atomic E-state index is 0.607. The van der Waals surface area contributed by atoms with Gasteiger partial charge in [-0.15, -0.1) is 0 Å². The van der Waals surface area contributed by atoms with Crippen LogP contribution in [0.5, 0.6) is 0 Å². The highest BCUT2D eigenvalue weighted by atomic mass is 15.2. The highest BCUT2D eigenvalue weighted by molar-refractivity contribution is 5.84. The highest BCUT2D eigenvalue weighted by Crippen LogP contribution is 2.32. The average molecular weight is 397 g/mol. The molecule has 0 aliphatic carbocycles. The van der Waals surface area contributed by atoms with E-state index in [1.807, 2.05) is 49.6 Å². The number of nitrogens with zero attached hydrogens (tertiary/aromatic N) is 5. The lowest BCUT2D eigenvalue weighted by molar-refractivity contribution is 0.556. The van der Waals surface area contributed by atoms with E-state index < -0.39 is 0 Å². The van der Waals surface area contributed by atoms with Crippen LogP contribution in [0.15, 0.2) is 48.8 Å². The minimum atomic E-state index is 0.607. The topological polar surface area (TPSA) is 82.6 Å². The van der Waals surface area contributed by atoms with Crippen molar-refractivity contribution in [2.24, 2.45) is 5.92 Å². The van der Waals surface area contributed by atoms with Gasteiger partial charge in [0.2, 0.25) is 0 Å². The van der Waals surface area contributed by atoms with Gasteiger partial charge in [0.05, 0.1) is 46.2 Å². The monoisotopic (exact) mass is 397 g/mol. The normalized spacial score (nSPS) is 20.8. The molecule has 0 aromatic carbocycles. The zero-order valence-electron chi connectivity index (χ0n) is 16.8. The first-order chi connectivity index (χ1) is 14.7. The van der Waals surface area contributed by atoms with Crippen LogP contribution in [-0.2, 0) is 0 Å². The molecule has 2 fully saturated rings. The molecule has 6 rings (SSSR count). The summed E-state index contributed by atoms with van der Waals surface area (Å²) in [4.78, 5) is 16.7. The fourth-order valence-corrected chi connectivity index (χ4v) is 4.74. The summed E-state index contributed by atoms with van der Waals surface area (Å²) in [6, 6.07) is 12.8. The summed E-state index contributed by atoms with van der Waals surface area (Å²) in [5, 5.41) is 11.0. The van der Waals surface area contributed by atoms with Gasteiger partial charge in [-0.1, -0.05) is 6.07 Å². The molecule has 2 atom stereocenters. The van der Waals surface area contributed by atoms with Crippen molar-refractivity contribution in [1.82, 2.24) is 30.5 Å². The Morgan fingerprint density at radius 3 is 2.87 bits per heavy atom. The van der Waals surface area contributed by atoms with Crippen LogP contribution in [0.2, 0.25) is 0 Å². The second-order valence-electron chi connectivity index (χ2n) is 8.27. The van der Waals surface area contributed by atoms with E-state index >= 15 is 0 Å². The maximum atomic E-state index is 4.94. The van der Waals surface area contributed by atoms with Crippen molar-refractivity contribution in [3.05, 3.63) is 54.5 Å². The van der Waals surface area contributed by atoms with Gasteiger partial charge in [-0.05, 0) is 56.1 Å². The maximum Gasteiger partial charge on any atom is 0.0928 e. The van der Waals surface area contributed by atoms with Gasteiger partial charge in [0.15, 0.2) is 0 Å². The second kappa shape index (κ2) is 6.88. The van der Waals surface area contributed by atoms with Crippen molar-refractivity contribution in [2.45, 2.75) is 19.4 Å². The first kappa shape index (κ1) is 17.5. The molecule has 150 valence electrons. The lowest BCUT2D eigenvalue weighted by atomic mass is 10.1. The number of rotatable bonds is 3. The predicted octanol–water partition coefficient (Wildman–Crippen LogP) is 3.19. The first-order valence-corrected chi connectivity index (χ1v) is 10.5. The molecule has 6 heterocycles. The number of aryl methyl sites for hydroxylation is 1. The standard InChI is InChI=1S/C23H23N7/c1-14-3-2-4-20(27-14)23-17(11-26-29-23)18-5-6-19-21(28-18)9-16(10-25-19)30-12-15-7-8-24-22(15)13-30/h2-6,9-11,15,22,24H,7-8,12-13H2,1H3,(H,26,29). The van der Waals surface area contributed by atoms with Gasteiger partial charge < -0.3 is 10.2 Å². The first-order valence-electron chi connectivity index (χ1n) is 10.5. The Hall–Kier alpha value is -3.32. The van der Waals surface area contributed by atoms with Crippen molar-refractivity contribution in [3.63, 3.8) is 0 Å². The molecule has 7 heteroatoms. The number of H-pyrrole nitrogens is 1. The molecular weight excluding hydrogens is 374 g/mol. The SMILES string of the molecule is Cc1cccc(-c2[nH]ncc2-c2ccc3ncc(N4CC5CCNC5C4)cc3n2)n1. The molecule has 0 bridgehead atoms.